The molecule has 1 aromatic carbocycles. The minimum absolute atomic E-state index is 0.0141. The van der Waals surface area contributed by atoms with Crippen LogP contribution in [0.1, 0.15) is 40.3 Å². The fourth-order valence-corrected chi connectivity index (χ4v) is 3.52. The molecule has 2 aromatic heterocycles. The van der Waals surface area contributed by atoms with Crippen molar-refractivity contribution in [2.45, 2.75) is 40.2 Å². The Bertz CT molecular complexity index is 985. The summed E-state index contributed by atoms with van der Waals surface area (Å²) in [6.45, 7) is 7.59. The standard InChI is InChI=1S/C21H24N4O/c1-14-4-5-19-17(10-14)18(11-15(2)24-19)20(26)23-12-21(6-7-21)13-25-9-8-22-16(25)3/h4-5,8-11H,6-7,12-13H2,1-3H3,(H,23,26). The lowest BCUT2D eigenvalue weighted by molar-refractivity contribution is 0.0944. The molecule has 5 heteroatoms. The van der Waals surface area contributed by atoms with Gasteiger partial charge in [0.05, 0.1) is 11.1 Å². The van der Waals surface area contributed by atoms with Crippen LogP contribution in [0.5, 0.6) is 0 Å². The van der Waals surface area contributed by atoms with Crippen LogP contribution < -0.4 is 5.32 Å². The quantitative estimate of drug-likeness (QED) is 0.767. The second kappa shape index (κ2) is 6.24. The maximum Gasteiger partial charge on any atom is 0.252 e. The molecule has 0 bridgehead atoms. The number of carbonyl (C=O) groups is 1. The van der Waals surface area contributed by atoms with Gasteiger partial charge >= 0.3 is 0 Å². The number of pyridine rings is 1. The average Bonchev–Trinajstić information content (AvgIpc) is 3.27. The van der Waals surface area contributed by atoms with Gasteiger partial charge < -0.3 is 9.88 Å². The van der Waals surface area contributed by atoms with Crippen molar-refractivity contribution in [2.24, 2.45) is 5.41 Å². The van der Waals surface area contributed by atoms with E-state index in [2.05, 4.69) is 19.9 Å². The molecule has 1 amide bonds. The van der Waals surface area contributed by atoms with Gasteiger partial charge in [-0.25, -0.2) is 4.98 Å². The summed E-state index contributed by atoms with van der Waals surface area (Å²) in [6.07, 6.45) is 6.12. The van der Waals surface area contributed by atoms with Gasteiger partial charge in [-0.15, -0.1) is 0 Å². The molecule has 0 spiro atoms. The third-order valence-corrected chi connectivity index (χ3v) is 5.35. The molecule has 0 atom stereocenters. The molecule has 3 aromatic rings. The van der Waals surface area contributed by atoms with Crippen LogP contribution in [0.4, 0.5) is 0 Å². The Morgan fingerprint density at radius 1 is 1.23 bits per heavy atom. The third kappa shape index (κ3) is 3.21. The molecule has 0 saturated heterocycles. The Hall–Kier alpha value is -2.69. The molecule has 1 aliphatic carbocycles. The first kappa shape index (κ1) is 16.8. The normalized spacial score (nSPS) is 15.2. The maximum atomic E-state index is 12.9. The number of nitrogens with one attached hydrogen (secondary N) is 1. The first-order valence-corrected chi connectivity index (χ1v) is 9.10. The molecule has 5 nitrogen and oxygen atoms in total. The van der Waals surface area contributed by atoms with Gasteiger partial charge in [-0.1, -0.05) is 11.6 Å². The SMILES string of the molecule is Cc1ccc2nc(C)cc(C(=O)NCC3(Cn4ccnc4C)CC3)c2c1. The van der Waals surface area contributed by atoms with Crippen molar-refractivity contribution in [1.29, 1.82) is 0 Å². The van der Waals surface area contributed by atoms with Crippen molar-refractivity contribution in [3.8, 4) is 0 Å². The number of imidazole rings is 1. The topological polar surface area (TPSA) is 59.8 Å². The van der Waals surface area contributed by atoms with E-state index in [1.54, 1.807) is 0 Å². The van der Waals surface area contributed by atoms with Crippen LogP contribution in [0.15, 0.2) is 36.7 Å². The van der Waals surface area contributed by atoms with Crippen LogP contribution >= 0.6 is 0 Å². The van der Waals surface area contributed by atoms with Crippen molar-refractivity contribution >= 4 is 16.8 Å². The summed E-state index contributed by atoms with van der Waals surface area (Å²) in [5.41, 5.74) is 3.74. The predicted octanol–water partition coefficient (Wildman–Crippen LogP) is 3.57. The lowest BCUT2D eigenvalue weighted by Crippen LogP contribution is -2.32. The van der Waals surface area contributed by atoms with Crippen molar-refractivity contribution < 1.29 is 4.79 Å². The molecule has 2 heterocycles. The number of aryl methyl sites for hydroxylation is 3. The molecule has 134 valence electrons. The Morgan fingerprint density at radius 2 is 2.04 bits per heavy atom. The van der Waals surface area contributed by atoms with Gasteiger partial charge in [0.1, 0.15) is 5.82 Å². The summed E-state index contributed by atoms with van der Waals surface area (Å²) in [7, 11) is 0. The molecule has 1 aliphatic rings. The van der Waals surface area contributed by atoms with Crippen LogP contribution in [0, 0.1) is 26.2 Å². The van der Waals surface area contributed by atoms with Gasteiger partial charge in [0.2, 0.25) is 0 Å². The van der Waals surface area contributed by atoms with Crippen LogP contribution in [0.3, 0.4) is 0 Å². The van der Waals surface area contributed by atoms with Gasteiger partial charge in [0, 0.05) is 42.0 Å². The number of nitrogens with zero attached hydrogens (tertiary/aromatic N) is 3. The molecule has 4 rings (SSSR count). The Balaban J connectivity index is 1.53. The maximum absolute atomic E-state index is 12.9. The summed E-state index contributed by atoms with van der Waals surface area (Å²) >= 11 is 0. The summed E-state index contributed by atoms with van der Waals surface area (Å²) in [4.78, 5) is 21.8. The van der Waals surface area contributed by atoms with E-state index in [9.17, 15) is 4.79 Å². The molecule has 1 fully saturated rings. The number of benzene rings is 1. The van der Waals surface area contributed by atoms with E-state index in [1.807, 2.05) is 57.4 Å². The highest BCUT2D eigenvalue weighted by Gasteiger charge is 2.43. The minimum atomic E-state index is -0.0141. The first-order valence-electron chi connectivity index (χ1n) is 9.10. The van der Waals surface area contributed by atoms with Crippen molar-refractivity contribution in [3.05, 3.63) is 59.3 Å². The fourth-order valence-electron chi connectivity index (χ4n) is 3.52. The molecule has 1 saturated carbocycles. The number of fused-ring (bicyclic) bond motifs is 1. The lowest BCUT2D eigenvalue weighted by Gasteiger charge is -2.18. The van der Waals surface area contributed by atoms with E-state index in [0.29, 0.717) is 12.1 Å². The summed E-state index contributed by atoms with van der Waals surface area (Å²) < 4.78 is 2.18. The smallest absolute Gasteiger partial charge is 0.252 e. The van der Waals surface area contributed by atoms with E-state index in [0.717, 1.165) is 47.4 Å². The lowest BCUT2D eigenvalue weighted by atomic mass is 10.0. The number of rotatable bonds is 5. The van der Waals surface area contributed by atoms with E-state index in [1.165, 1.54) is 0 Å². The van der Waals surface area contributed by atoms with Crippen LogP contribution in [0.25, 0.3) is 10.9 Å². The molecule has 0 unspecified atom stereocenters. The second-order valence-electron chi connectivity index (χ2n) is 7.62. The average molecular weight is 348 g/mol. The minimum Gasteiger partial charge on any atom is -0.351 e. The van der Waals surface area contributed by atoms with Gasteiger partial charge in [0.25, 0.3) is 5.91 Å². The zero-order chi connectivity index (χ0) is 18.3. The number of amides is 1. The highest BCUT2D eigenvalue weighted by molar-refractivity contribution is 6.06. The number of aromatic nitrogens is 3. The summed E-state index contributed by atoms with van der Waals surface area (Å²) in [5.74, 6) is 1.01. The van der Waals surface area contributed by atoms with Crippen LogP contribution in [-0.4, -0.2) is 27.0 Å². The molecular formula is C21H24N4O. The monoisotopic (exact) mass is 348 g/mol. The van der Waals surface area contributed by atoms with E-state index < -0.39 is 0 Å². The van der Waals surface area contributed by atoms with Crippen molar-refractivity contribution in [3.63, 3.8) is 0 Å². The highest BCUT2D eigenvalue weighted by atomic mass is 16.1. The van der Waals surface area contributed by atoms with Crippen LogP contribution in [-0.2, 0) is 6.54 Å². The largest absolute Gasteiger partial charge is 0.351 e. The molecule has 0 aliphatic heterocycles. The summed E-state index contributed by atoms with van der Waals surface area (Å²) in [5, 5.41) is 4.09. The van der Waals surface area contributed by atoms with E-state index in [4.69, 9.17) is 0 Å². The Morgan fingerprint density at radius 3 is 2.73 bits per heavy atom. The highest BCUT2D eigenvalue weighted by Crippen LogP contribution is 2.46. The molecule has 0 radical (unpaired) electrons. The zero-order valence-electron chi connectivity index (χ0n) is 15.5. The van der Waals surface area contributed by atoms with Gasteiger partial charge in [0.15, 0.2) is 0 Å². The predicted molar refractivity (Wildman–Crippen MR) is 102 cm³/mol. The van der Waals surface area contributed by atoms with Gasteiger partial charge in [-0.2, -0.15) is 0 Å². The first-order chi connectivity index (χ1) is 12.5. The van der Waals surface area contributed by atoms with Gasteiger partial charge in [-0.3, -0.25) is 9.78 Å². The number of hydrogen-bond donors (Lipinski definition) is 1. The molecular weight excluding hydrogens is 324 g/mol. The molecule has 26 heavy (non-hydrogen) atoms. The fraction of sp³-hybridized carbons (Fsp3) is 0.381. The van der Waals surface area contributed by atoms with Gasteiger partial charge in [-0.05, 0) is 51.8 Å². The third-order valence-electron chi connectivity index (χ3n) is 5.35. The summed E-state index contributed by atoms with van der Waals surface area (Å²) in [6, 6.07) is 7.94. The van der Waals surface area contributed by atoms with Crippen molar-refractivity contribution in [2.75, 3.05) is 6.54 Å². The van der Waals surface area contributed by atoms with E-state index in [-0.39, 0.29) is 11.3 Å². The zero-order valence-corrected chi connectivity index (χ0v) is 15.5. The van der Waals surface area contributed by atoms with Crippen LogP contribution in [0.2, 0.25) is 0 Å². The van der Waals surface area contributed by atoms with E-state index >= 15 is 0 Å². The Kier molecular flexibility index (Phi) is 4.02. The second-order valence-corrected chi connectivity index (χ2v) is 7.62. The number of hydrogen-bond acceptors (Lipinski definition) is 3. The number of carbonyl (C=O) groups excluding carboxylic acids is 1. The van der Waals surface area contributed by atoms with Crippen molar-refractivity contribution in [1.82, 2.24) is 19.9 Å². The molecule has 1 N–H and O–H groups in total. The Labute approximate surface area is 153 Å².